The Balaban J connectivity index is 1.64. The van der Waals surface area contributed by atoms with Gasteiger partial charge in [0.1, 0.15) is 17.4 Å². The SMILES string of the molecule is CCCOc1ccc(N(CC(O)Cn2c3ccc(F)cc3c3cc(F)ccc32)S(C)(=O)=O)cc1. The highest BCUT2D eigenvalue weighted by Gasteiger charge is 2.23. The van der Waals surface area contributed by atoms with Gasteiger partial charge in [0.25, 0.3) is 0 Å². The number of nitrogens with zero attached hydrogens (tertiary/aromatic N) is 2. The van der Waals surface area contributed by atoms with E-state index in [4.69, 9.17) is 4.74 Å². The van der Waals surface area contributed by atoms with Gasteiger partial charge in [0, 0.05) is 21.8 Å². The van der Waals surface area contributed by atoms with Crippen molar-refractivity contribution in [2.24, 2.45) is 0 Å². The van der Waals surface area contributed by atoms with Crippen LogP contribution >= 0.6 is 0 Å². The first-order valence-electron chi connectivity index (χ1n) is 10.9. The van der Waals surface area contributed by atoms with E-state index in [2.05, 4.69) is 0 Å². The Kier molecular flexibility index (Phi) is 6.77. The summed E-state index contributed by atoms with van der Waals surface area (Å²) >= 11 is 0. The zero-order valence-corrected chi connectivity index (χ0v) is 19.7. The van der Waals surface area contributed by atoms with Gasteiger partial charge in [-0.3, -0.25) is 4.31 Å². The summed E-state index contributed by atoms with van der Waals surface area (Å²) in [6, 6.07) is 15.0. The minimum atomic E-state index is -3.69. The molecule has 0 aliphatic rings. The van der Waals surface area contributed by atoms with Crippen LogP contribution in [0.5, 0.6) is 5.75 Å². The van der Waals surface area contributed by atoms with Crippen molar-refractivity contribution in [3.63, 3.8) is 0 Å². The fourth-order valence-corrected chi connectivity index (χ4v) is 5.01. The van der Waals surface area contributed by atoms with Gasteiger partial charge in [0.15, 0.2) is 0 Å². The molecule has 6 nitrogen and oxygen atoms in total. The molecule has 1 N–H and O–H groups in total. The highest BCUT2D eigenvalue weighted by atomic mass is 32.2. The predicted molar refractivity (Wildman–Crippen MR) is 130 cm³/mol. The minimum Gasteiger partial charge on any atom is -0.494 e. The zero-order valence-electron chi connectivity index (χ0n) is 18.9. The molecule has 0 saturated heterocycles. The van der Waals surface area contributed by atoms with Crippen molar-refractivity contribution in [3.05, 3.63) is 72.3 Å². The molecule has 1 atom stereocenters. The summed E-state index contributed by atoms with van der Waals surface area (Å²) < 4.78 is 61.3. The highest BCUT2D eigenvalue weighted by molar-refractivity contribution is 7.92. The maximum absolute atomic E-state index is 13.9. The minimum absolute atomic E-state index is 0.0287. The number of benzene rings is 3. The first-order valence-corrected chi connectivity index (χ1v) is 12.8. The normalized spacial score (nSPS) is 12.9. The van der Waals surface area contributed by atoms with Crippen molar-refractivity contribution in [1.82, 2.24) is 4.57 Å². The molecule has 9 heteroatoms. The molecule has 180 valence electrons. The van der Waals surface area contributed by atoms with Gasteiger partial charge in [-0.2, -0.15) is 0 Å². The van der Waals surface area contributed by atoms with Crippen LogP contribution in [0.4, 0.5) is 14.5 Å². The van der Waals surface area contributed by atoms with E-state index in [9.17, 15) is 22.3 Å². The summed E-state index contributed by atoms with van der Waals surface area (Å²) in [4.78, 5) is 0. The van der Waals surface area contributed by atoms with Crippen LogP contribution in [0, 0.1) is 11.6 Å². The van der Waals surface area contributed by atoms with Gasteiger partial charge in [-0.1, -0.05) is 6.92 Å². The number of aliphatic hydroxyl groups is 1. The van der Waals surface area contributed by atoms with Crippen molar-refractivity contribution in [1.29, 1.82) is 0 Å². The Morgan fingerprint density at radius 2 is 1.53 bits per heavy atom. The van der Waals surface area contributed by atoms with E-state index in [1.807, 2.05) is 6.92 Å². The zero-order chi connectivity index (χ0) is 24.5. The molecule has 0 saturated carbocycles. The smallest absolute Gasteiger partial charge is 0.232 e. The molecule has 0 bridgehead atoms. The molecule has 4 rings (SSSR count). The Morgan fingerprint density at radius 1 is 0.971 bits per heavy atom. The fourth-order valence-electron chi connectivity index (χ4n) is 4.07. The van der Waals surface area contributed by atoms with Crippen molar-refractivity contribution in [2.45, 2.75) is 26.0 Å². The second-order valence-electron chi connectivity index (χ2n) is 8.22. The topological polar surface area (TPSA) is 71.8 Å². The lowest BCUT2D eigenvalue weighted by atomic mass is 10.1. The van der Waals surface area contributed by atoms with Crippen LogP contribution in [0.15, 0.2) is 60.7 Å². The quantitative estimate of drug-likeness (QED) is 0.371. The Labute approximate surface area is 197 Å². The monoisotopic (exact) mass is 488 g/mol. The number of anilines is 1. The molecule has 4 aromatic rings. The molecule has 0 amide bonds. The number of rotatable bonds is 9. The molecular formula is C25H26F2N2O4S. The van der Waals surface area contributed by atoms with E-state index >= 15 is 0 Å². The van der Waals surface area contributed by atoms with Gasteiger partial charge in [0.2, 0.25) is 10.0 Å². The van der Waals surface area contributed by atoms with E-state index in [1.165, 1.54) is 24.3 Å². The van der Waals surface area contributed by atoms with Gasteiger partial charge in [0.05, 0.1) is 37.7 Å². The number of halogens is 2. The molecule has 0 fully saturated rings. The first kappa shape index (κ1) is 24.0. The molecule has 3 aromatic carbocycles. The third-order valence-electron chi connectivity index (χ3n) is 5.56. The number of aliphatic hydroxyl groups excluding tert-OH is 1. The van der Waals surface area contributed by atoms with E-state index in [1.54, 1.807) is 41.0 Å². The predicted octanol–water partition coefficient (Wildman–Crippen LogP) is 4.69. The van der Waals surface area contributed by atoms with Gasteiger partial charge >= 0.3 is 0 Å². The maximum Gasteiger partial charge on any atom is 0.232 e. The largest absolute Gasteiger partial charge is 0.494 e. The number of fused-ring (bicyclic) bond motifs is 3. The second-order valence-corrected chi connectivity index (χ2v) is 10.1. The third kappa shape index (κ3) is 5.00. The molecule has 1 heterocycles. The Bertz CT molecular complexity index is 1360. The lowest BCUT2D eigenvalue weighted by molar-refractivity contribution is 0.166. The number of aromatic nitrogens is 1. The summed E-state index contributed by atoms with van der Waals surface area (Å²) in [5, 5.41) is 12.0. The van der Waals surface area contributed by atoms with Crippen molar-refractivity contribution >= 4 is 37.5 Å². The molecule has 0 spiro atoms. The van der Waals surface area contributed by atoms with Gasteiger partial charge in [-0.25, -0.2) is 17.2 Å². The molecule has 0 aliphatic heterocycles. The van der Waals surface area contributed by atoms with E-state index in [0.29, 0.717) is 39.8 Å². The van der Waals surface area contributed by atoms with Crippen molar-refractivity contribution in [2.75, 3.05) is 23.7 Å². The average Bonchev–Trinajstić information content (AvgIpc) is 3.07. The number of sulfonamides is 1. The third-order valence-corrected chi connectivity index (χ3v) is 6.72. The standard InChI is InChI=1S/C25H26F2N2O4S/c1-3-12-33-21-8-6-19(7-9-21)29(34(2,31)32)16-20(30)15-28-24-10-4-17(26)13-22(24)23-14-18(27)5-11-25(23)28/h4-11,13-14,20,30H,3,12,15-16H2,1-2H3. The van der Waals surface area contributed by atoms with Crippen LogP contribution in [0.3, 0.4) is 0 Å². The fraction of sp³-hybridized carbons (Fsp3) is 0.280. The lowest BCUT2D eigenvalue weighted by Gasteiger charge is -2.26. The second kappa shape index (κ2) is 9.60. The molecule has 1 aromatic heterocycles. The van der Waals surface area contributed by atoms with Gasteiger partial charge in [-0.15, -0.1) is 0 Å². The lowest BCUT2D eigenvalue weighted by Crippen LogP contribution is -2.38. The van der Waals surface area contributed by atoms with E-state index < -0.39 is 27.8 Å². The van der Waals surface area contributed by atoms with Crippen LogP contribution < -0.4 is 9.04 Å². The number of hydrogen-bond donors (Lipinski definition) is 1. The maximum atomic E-state index is 13.9. The Morgan fingerprint density at radius 3 is 2.03 bits per heavy atom. The summed E-state index contributed by atoms with van der Waals surface area (Å²) in [5.41, 5.74) is 1.63. The number of hydrogen-bond acceptors (Lipinski definition) is 4. The summed E-state index contributed by atoms with van der Waals surface area (Å²) in [6.45, 7) is 2.38. The highest BCUT2D eigenvalue weighted by Crippen LogP contribution is 2.31. The van der Waals surface area contributed by atoms with Crippen LogP contribution in [0.25, 0.3) is 21.8 Å². The molecular weight excluding hydrogens is 462 g/mol. The van der Waals surface area contributed by atoms with Crippen molar-refractivity contribution < 1.29 is 27.0 Å². The first-order chi connectivity index (χ1) is 16.2. The average molecular weight is 489 g/mol. The molecule has 0 radical (unpaired) electrons. The summed E-state index contributed by atoms with van der Waals surface area (Å²) in [7, 11) is -3.69. The van der Waals surface area contributed by atoms with Crippen LogP contribution in [0.2, 0.25) is 0 Å². The molecule has 0 aliphatic carbocycles. The van der Waals surface area contributed by atoms with Crippen LogP contribution in [-0.2, 0) is 16.6 Å². The van der Waals surface area contributed by atoms with Gasteiger partial charge < -0.3 is 14.4 Å². The van der Waals surface area contributed by atoms with Crippen LogP contribution in [-0.4, -0.2) is 43.6 Å². The molecule has 1 unspecified atom stereocenters. The van der Waals surface area contributed by atoms with E-state index in [0.717, 1.165) is 17.0 Å². The molecule has 34 heavy (non-hydrogen) atoms. The Hall–Kier alpha value is -3.17. The summed E-state index contributed by atoms with van der Waals surface area (Å²) in [5.74, 6) is -0.277. The summed E-state index contributed by atoms with van der Waals surface area (Å²) in [6.07, 6.45) is 0.832. The van der Waals surface area contributed by atoms with E-state index in [-0.39, 0.29) is 13.1 Å². The van der Waals surface area contributed by atoms with Gasteiger partial charge in [-0.05, 0) is 67.1 Å². The van der Waals surface area contributed by atoms with Crippen LogP contribution in [0.1, 0.15) is 13.3 Å². The van der Waals surface area contributed by atoms with Crippen molar-refractivity contribution in [3.8, 4) is 5.75 Å². The number of ether oxygens (including phenoxy) is 1.